The van der Waals surface area contributed by atoms with Gasteiger partial charge in [0.25, 0.3) is 0 Å². The average molecular weight is 339 g/mol. The smallest absolute Gasteiger partial charge is 0.224 e. The molecule has 5 nitrogen and oxygen atoms in total. The molecule has 2 amide bonds. The van der Waals surface area contributed by atoms with Gasteiger partial charge in [0.15, 0.2) is 0 Å². The molecule has 5 heteroatoms. The summed E-state index contributed by atoms with van der Waals surface area (Å²) < 4.78 is 0. The number of carbonyl (C=O) groups excluding carboxylic acids is 2. The minimum Gasteiger partial charge on any atom is -0.384 e. The third-order valence-electron chi connectivity index (χ3n) is 3.80. The van der Waals surface area contributed by atoms with Crippen molar-refractivity contribution in [3.63, 3.8) is 0 Å². The van der Waals surface area contributed by atoms with Crippen molar-refractivity contribution in [2.45, 2.75) is 26.8 Å². The molecule has 0 unspecified atom stereocenters. The van der Waals surface area contributed by atoms with E-state index in [1.54, 1.807) is 0 Å². The number of hydrogen-bond acceptors (Lipinski definition) is 3. The van der Waals surface area contributed by atoms with Crippen LogP contribution >= 0.6 is 0 Å². The Morgan fingerprint density at radius 1 is 1.00 bits per heavy atom. The summed E-state index contributed by atoms with van der Waals surface area (Å²) in [5.41, 5.74) is 2.75. The summed E-state index contributed by atoms with van der Waals surface area (Å²) in [6.07, 6.45) is 0.422. The van der Waals surface area contributed by atoms with Gasteiger partial charge in [-0.2, -0.15) is 0 Å². The van der Waals surface area contributed by atoms with E-state index in [9.17, 15) is 9.59 Å². The second-order valence-corrected chi connectivity index (χ2v) is 5.83. The monoisotopic (exact) mass is 339 g/mol. The number of amides is 2. The van der Waals surface area contributed by atoms with Crippen molar-refractivity contribution in [3.8, 4) is 0 Å². The predicted octanol–water partition coefficient (Wildman–Crippen LogP) is 3.50. The first-order valence-electron chi connectivity index (χ1n) is 8.51. The highest BCUT2D eigenvalue weighted by Crippen LogP contribution is 2.15. The van der Waals surface area contributed by atoms with Gasteiger partial charge in [-0.1, -0.05) is 36.4 Å². The minimum atomic E-state index is -0.105. The molecule has 2 rings (SSSR count). The normalized spacial score (nSPS) is 10.2. The van der Waals surface area contributed by atoms with E-state index in [-0.39, 0.29) is 11.8 Å². The van der Waals surface area contributed by atoms with Crippen LogP contribution in [0.1, 0.15) is 25.8 Å². The van der Waals surface area contributed by atoms with E-state index in [4.69, 9.17) is 0 Å². The second-order valence-electron chi connectivity index (χ2n) is 5.83. The first kappa shape index (κ1) is 18.5. The van der Waals surface area contributed by atoms with Crippen molar-refractivity contribution < 1.29 is 9.59 Å². The van der Waals surface area contributed by atoms with Gasteiger partial charge >= 0.3 is 0 Å². The standard InChI is InChI=1S/C20H25N3O2/c1-3-23(15-17-8-5-4-6-9-17)20(25)12-13-21-18-10-7-11-19(14-18)22-16(2)24/h4-11,14,21H,3,12-13,15H2,1-2H3,(H,22,24). The zero-order valence-electron chi connectivity index (χ0n) is 14.8. The lowest BCUT2D eigenvalue weighted by Gasteiger charge is -2.21. The molecular formula is C20H25N3O2. The van der Waals surface area contributed by atoms with Gasteiger partial charge in [-0.3, -0.25) is 9.59 Å². The fourth-order valence-electron chi connectivity index (χ4n) is 2.56. The molecule has 0 fully saturated rings. The molecule has 0 aliphatic carbocycles. The molecule has 0 saturated heterocycles. The van der Waals surface area contributed by atoms with Gasteiger partial charge in [-0.05, 0) is 30.7 Å². The molecule has 2 aromatic rings. The van der Waals surface area contributed by atoms with Crippen LogP contribution in [0.2, 0.25) is 0 Å². The van der Waals surface area contributed by atoms with Crippen LogP contribution in [-0.4, -0.2) is 29.8 Å². The highest BCUT2D eigenvalue weighted by molar-refractivity contribution is 5.89. The van der Waals surface area contributed by atoms with Crippen molar-refractivity contribution in [2.24, 2.45) is 0 Å². The molecule has 0 aliphatic heterocycles. The molecule has 0 bridgehead atoms. The highest BCUT2D eigenvalue weighted by Gasteiger charge is 2.11. The van der Waals surface area contributed by atoms with Gasteiger partial charge in [-0.25, -0.2) is 0 Å². The number of carbonyl (C=O) groups is 2. The Hall–Kier alpha value is -2.82. The molecule has 0 saturated carbocycles. The lowest BCUT2D eigenvalue weighted by molar-refractivity contribution is -0.131. The Kier molecular flexibility index (Phi) is 7.01. The first-order valence-corrected chi connectivity index (χ1v) is 8.51. The van der Waals surface area contributed by atoms with E-state index >= 15 is 0 Å². The van der Waals surface area contributed by atoms with Crippen LogP contribution in [0.4, 0.5) is 11.4 Å². The Labute approximate surface area is 149 Å². The molecule has 0 radical (unpaired) electrons. The lowest BCUT2D eigenvalue weighted by atomic mass is 10.2. The van der Waals surface area contributed by atoms with E-state index in [0.717, 1.165) is 16.9 Å². The van der Waals surface area contributed by atoms with Crippen LogP contribution in [0.15, 0.2) is 54.6 Å². The summed E-state index contributed by atoms with van der Waals surface area (Å²) in [5, 5.41) is 5.98. The van der Waals surface area contributed by atoms with Crippen molar-refractivity contribution in [1.82, 2.24) is 4.90 Å². The Bertz CT molecular complexity index is 701. The van der Waals surface area contributed by atoms with Crippen molar-refractivity contribution in [2.75, 3.05) is 23.7 Å². The second kappa shape index (κ2) is 9.47. The van der Waals surface area contributed by atoms with E-state index in [1.807, 2.05) is 66.4 Å². The van der Waals surface area contributed by atoms with Crippen LogP contribution in [0.3, 0.4) is 0 Å². The number of benzene rings is 2. The molecule has 2 aromatic carbocycles. The quantitative estimate of drug-likeness (QED) is 0.774. The van der Waals surface area contributed by atoms with Gasteiger partial charge in [0, 0.05) is 44.4 Å². The van der Waals surface area contributed by atoms with Gasteiger partial charge in [0.05, 0.1) is 0 Å². The fraction of sp³-hybridized carbons (Fsp3) is 0.300. The van der Waals surface area contributed by atoms with E-state index in [1.165, 1.54) is 6.92 Å². The first-order chi connectivity index (χ1) is 12.1. The van der Waals surface area contributed by atoms with Gasteiger partial charge in [0.1, 0.15) is 0 Å². The van der Waals surface area contributed by atoms with Crippen LogP contribution < -0.4 is 10.6 Å². The molecule has 132 valence electrons. The molecule has 25 heavy (non-hydrogen) atoms. The Morgan fingerprint density at radius 3 is 2.40 bits per heavy atom. The molecule has 0 aliphatic rings. The average Bonchev–Trinajstić information content (AvgIpc) is 2.60. The fourth-order valence-corrected chi connectivity index (χ4v) is 2.56. The van der Waals surface area contributed by atoms with Crippen LogP contribution in [0.25, 0.3) is 0 Å². The third kappa shape index (κ3) is 6.30. The maximum absolute atomic E-state index is 12.4. The zero-order chi connectivity index (χ0) is 18.1. The van der Waals surface area contributed by atoms with Crippen molar-refractivity contribution >= 4 is 23.2 Å². The maximum Gasteiger partial charge on any atom is 0.224 e. The number of rotatable bonds is 8. The molecule has 0 heterocycles. The van der Waals surface area contributed by atoms with Crippen LogP contribution in [0, 0.1) is 0 Å². The highest BCUT2D eigenvalue weighted by atomic mass is 16.2. The summed E-state index contributed by atoms with van der Waals surface area (Å²) in [7, 11) is 0. The van der Waals surface area contributed by atoms with Gasteiger partial charge in [-0.15, -0.1) is 0 Å². The number of nitrogens with zero attached hydrogens (tertiary/aromatic N) is 1. The molecule has 2 N–H and O–H groups in total. The summed E-state index contributed by atoms with van der Waals surface area (Å²) >= 11 is 0. The maximum atomic E-state index is 12.4. The Balaban J connectivity index is 1.83. The van der Waals surface area contributed by atoms with Crippen LogP contribution in [0.5, 0.6) is 0 Å². The molecular weight excluding hydrogens is 314 g/mol. The molecule has 0 spiro atoms. The lowest BCUT2D eigenvalue weighted by Crippen LogP contribution is -2.31. The summed E-state index contributed by atoms with van der Waals surface area (Å²) in [6, 6.07) is 17.5. The van der Waals surface area contributed by atoms with Crippen molar-refractivity contribution in [1.29, 1.82) is 0 Å². The van der Waals surface area contributed by atoms with E-state index in [2.05, 4.69) is 10.6 Å². The number of nitrogens with one attached hydrogen (secondary N) is 2. The van der Waals surface area contributed by atoms with Crippen molar-refractivity contribution in [3.05, 3.63) is 60.2 Å². The number of hydrogen-bond donors (Lipinski definition) is 2. The molecule has 0 aromatic heterocycles. The minimum absolute atomic E-state index is 0.105. The summed E-state index contributed by atoms with van der Waals surface area (Å²) in [4.78, 5) is 25.4. The number of anilines is 2. The third-order valence-corrected chi connectivity index (χ3v) is 3.80. The predicted molar refractivity (Wildman–Crippen MR) is 101 cm³/mol. The van der Waals surface area contributed by atoms with E-state index in [0.29, 0.717) is 26.1 Å². The summed E-state index contributed by atoms with van der Waals surface area (Å²) in [5.74, 6) is 0.0173. The largest absolute Gasteiger partial charge is 0.384 e. The van der Waals surface area contributed by atoms with E-state index < -0.39 is 0 Å². The van der Waals surface area contributed by atoms with Crippen LogP contribution in [-0.2, 0) is 16.1 Å². The Morgan fingerprint density at radius 2 is 1.72 bits per heavy atom. The van der Waals surface area contributed by atoms with Gasteiger partial charge in [0.2, 0.25) is 11.8 Å². The SMILES string of the molecule is CCN(Cc1ccccc1)C(=O)CCNc1cccc(NC(C)=O)c1. The summed E-state index contributed by atoms with van der Waals surface area (Å²) in [6.45, 7) is 5.34. The molecule has 0 atom stereocenters. The zero-order valence-corrected chi connectivity index (χ0v) is 14.8. The van der Waals surface area contributed by atoms with Gasteiger partial charge < -0.3 is 15.5 Å². The topological polar surface area (TPSA) is 61.4 Å².